The Kier molecular flexibility index (Phi) is 3.39. The van der Waals surface area contributed by atoms with Gasteiger partial charge in [-0.15, -0.1) is 0 Å². The van der Waals surface area contributed by atoms with E-state index >= 15 is 0 Å². The molecular weight excluding hydrogens is 288 g/mol. The molecule has 0 aliphatic heterocycles. The predicted molar refractivity (Wildman–Crippen MR) is 89.0 cm³/mol. The lowest BCUT2D eigenvalue weighted by atomic mass is 10.1. The molecule has 0 saturated carbocycles. The van der Waals surface area contributed by atoms with Gasteiger partial charge in [-0.05, 0) is 28.6 Å². The smallest absolute Gasteiger partial charge is 0.240 e. The zero-order valence-corrected chi connectivity index (χ0v) is 12.6. The van der Waals surface area contributed by atoms with E-state index in [4.69, 9.17) is 0 Å². The van der Waals surface area contributed by atoms with Gasteiger partial charge in [-0.3, -0.25) is 4.79 Å². The molecular formula is C19H18N2O2. The summed E-state index contributed by atoms with van der Waals surface area (Å²) in [5.41, 5.74) is 3.16. The summed E-state index contributed by atoms with van der Waals surface area (Å²) < 4.78 is 1.93. The first-order valence-electron chi connectivity index (χ1n) is 7.81. The van der Waals surface area contributed by atoms with E-state index in [1.165, 1.54) is 0 Å². The van der Waals surface area contributed by atoms with E-state index in [1.54, 1.807) is 0 Å². The summed E-state index contributed by atoms with van der Waals surface area (Å²) in [6.07, 6.45) is 1.95. The minimum absolute atomic E-state index is 0.0906. The third kappa shape index (κ3) is 2.51. The molecule has 0 fully saturated rings. The summed E-state index contributed by atoms with van der Waals surface area (Å²) in [6.45, 7) is 0.249. The van der Waals surface area contributed by atoms with Crippen molar-refractivity contribution in [2.75, 3.05) is 0 Å². The van der Waals surface area contributed by atoms with Crippen LogP contribution in [0.25, 0.3) is 10.9 Å². The molecule has 0 spiro atoms. The van der Waals surface area contributed by atoms with E-state index < -0.39 is 6.10 Å². The van der Waals surface area contributed by atoms with Gasteiger partial charge in [0, 0.05) is 18.1 Å². The maximum atomic E-state index is 12.4. The number of nitrogens with zero attached hydrogens (tertiary/aromatic N) is 1. The molecule has 0 radical (unpaired) electrons. The van der Waals surface area contributed by atoms with Crippen LogP contribution in [-0.4, -0.2) is 21.7 Å². The highest BCUT2D eigenvalue weighted by atomic mass is 16.3. The first-order chi connectivity index (χ1) is 11.2. The molecule has 1 aliphatic rings. The van der Waals surface area contributed by atoms with E-state index in [9.17, 15) is 9.90 Å². The predicted octanol–water partition coefficient (Wildman–Crippen LogP) is 2.42. The molecule has 3 aromatic rings. The number of fused-ring (bicyclic) bond motifs is 2. The van der Waals surface area contributed by atoms with Gasteiger partial charge in [-0.25, -0.2) is 0 Å². The number of benzene rings is 2. The van der Waals surface area contributed by atoms with Gasteiger partial charge < -0.3 is 15.0 Å². The molecule has 4 heteroatoms. The molecule has 2 atom stereocenters. The van der Waals surface area contributed by atoms with Crippen molar-refractivity contribution in [2.45, 2.75) is 25.1 Å². The molecule has 2 N–H and O–H groups in total. The van der Waals surface area contributed by atoms with Gasteiger partial charge in [0.05, 0.1) is 12.1 Å². The van der Waals surface area contributed by atoms with Crippen molar-refractivity contribution in [3.63, 3.8) is 0 Å². The van der Waals surface area contributed by atoms with Crippen LogP contribution in [0.5, 0.6) is 0 Å². The summed E-state index contributed by atoms with van der Waals surface area (Å²) in [4.78, 5) is 12.4. The highest BCUT2D eigenvalue weighted by molar-refractivity contribution is 5.83. The van der Waals surface area contributed by atoms with E-state index in [1.807, 2.05) is 65.4 Å². The molecule has 1 heterocycles. The Bertz CT molecular complexity index is 868. The second-order valence-electron chi connectivity index (χ2n) is 6.02. The Morgan fingerprint density at radius 3 is 2.83 bits per heavy atom. The molecule has 1 aromatic heterocycles. The Balaban J connectivity index is 1.52. The van der Waals surface area contributed by atoms with Gasteiger partial charge in [-0.1, -0.05) is 42.5 Å². The molecule has 2 aromatic carbocycles. The van der Waals surface area contributed by atoms with E-state index in [-0.39, 0.29) is 18.5 Å². The van der Waals surface area contributed by atoms with Crippen molar-refractivity contribution in [1.82, 2.24) is 9.88 Å². The fraction of sp³-hybridized carbons (Fsp3) is 0.211. The topological polar surface area (TPSA) is 54.3 Å². The first kappa shape index (κ1) is 14.0. The number of hydrogen-bond donors (Lipinski definition) is 2. The van der Waals surface area contributed by atoms with Crippen molar-refractivity contribution in [1.29, 1.82) is 0 Å². The van der Waals surface area contributed by atoms with Crippen molar-refractivity contribution in [3.8, 4) is 0 Å². The number of aliphatic hydroxyl groups is 1. The second-order valence-corrected chi connectivity index (χ2v) is 6.02. The van der Waals surface area contributed by atoms with Crippen molar-refractivity contribution >= 4 is 16.8 Å². The lowest BCUT2D eigenvalue weighted by molar-refractivity contribution is -0.123. The maximum Gasteiger partial charge on any atom is 0.240 e. The van der Waals surface area contributed by atoms with E-state index in [0.29, 0.717) is 6.42 Å². The Labute approximate surface area is 134 Å². The van der Waals surface area contributed by atoms with Crippen LogP contribution in [0.1, 0.15) is 17.2 Å². The molecule has 4 nitrogen and oxygen atoms in total. The number of carbonyl (C=O) groups is 1. The molecule has 1 aliphatic carbocycles. The first-order valence-corrected chi connectivity index (χ1v) is 7.81. The van der Waals surface area contributed by atoms with Crippen molar-refractivity contribution in [3.05, 3.63) is 71.9 Å². The van der Waals surface area contributed by atoms with Gasteiger partial charge in [-0.2, -0.15) is 0 Å². The highest BCUT2D eigenvalue weighted by Gasteiger charge is 2.31. The summed E-state index contributed by atoms with van der Waals surface area (Å²) in [5, 5.41) is 14.3. The zero-order valence-electron chi connectivity index (χ0n) is 12.6. The fourth-order valence-corrected chi connectivity index (χ4v) is 3.40. The Morgan fingerprint density at radius 1 is 1.13 bits per heavy atom. The van der Waals surface area contributed by atoms with Crippen molar-refractivity contribution < 1.29 is 9.90 Å². The molecule has 0 saturated heterocycles. The SMILES string of the molecule is O=C(Cn1ccc2ccccc21)NC1c2ccccc2CC1O. The number of rotatable bonds is 3. The summed E-state index contributed by atoms with van der Waals surface area (Å²) in [6, 6.07) is 17.5. The number of para-hydroxylation sites is 1. The largest absolute Gasteiger partial charge is 0.390 e. The number of aromatic nitrogens is 1. The van der Waals surface area contributed by atoms with Crippen LogP contribution in [0.4, 0.5) is 0 Å². The molecule has 116 valence electrons. The molecule has 4 rings (SSSR count). The van der Waals surface area contributed by atoms with Crippen LogP contribution in [0.15, 0.2) is 60.8 Å². The lowest BCUT2D eigenvalue weighted by Gasteiger charge is -2.18. The highest BCUT2D eigenvalue weighted by Crippen LogP contribution is 2.31. The number of amides is 1. The molecule has 2 unspecified atom stereocenters. The third-order valence-electron chi connectivity index (χ3n) is 4.51. The Morgan fingerprint density at radius 2 is 1.91 bits per heavy atom. The van der Waals surface area contributed by atoms with E-state index in [2.05, 4.69) is 5.32 Å². The molecule has 23 heavy (non-hydrogen) atoms. The standard InChI is InChI=1S/C19H18N2O2/c22-17-11-14-6-1-3-7-15(14)19(17)20-18(23)12-21-10-9-13-5-2-4-8-16(13)21/h1-10,17,19,22H,11-12H2,(H,20,23). The fourth-order valence-electron chi connectivity index (χ4n) is 3.40. The van der Waals surface area contributed by atoms with Crippen LogP contribution >= 0.6 is 0 Å². The van der Waals surface area contributed by atoms with Crippen LogP contribution in [0.3, 0.4) is 0 Å². The van der Waals surface area contributed by atoms with Crippen molar-refractivity contribution in [2.24, 2.45) is 0 Å². The quantitative estimate of drug-likeness (QED) is 0.781. The van der Waals surface area contributed by atoms with Crippen LogP contribution < -0.4 is 5.32 Å². The minimum atomic E-state index is -0.558. The lowest BCUT2D eigenvalue weighted by Crippen LogP contribution is -2.35. The Hall–Kier alpha value is -2.59. The van der Waals surface area contributed by atoms with Gasteiger partial charge in [0.15, 0.2) is 0 Å². The van der Waals surface area contributed by atoms with Gasteiger partial charge >= 0.3 is 0 Å². The second kappa shape index (κ2) is 5.56. The average molecular weight is 306 g/mol. The van der Waals surface area contributed by atoms with Gasteiger partial charge in [0.2, 0.25) is 5.91 Å². The summed E-state index contributed by atoms with van der Waals surface area (Å²) >= 11 is 0. The molecule has 1 amide bonds. The monoisotopic (exact) mass is 306 g/mol. The van der Waals surface area contributed by atoms with E-state index in [0.717, 1.165) is 22.0 Å². The van der Waals surface area contributed by atoms with Gasteiger partial charge in [0.1, 0.15) is 6.54 Å². The summed E-state index contributed by atoms with van der Waals surface area (Å²) in [5.74, 6) is -0.0906. The number of aliphatic hydroxyl groups excluding tert-OH is 1. The zero-order chi connectivity index (χ0) is 15.8. The minimum Gasteiger partial charge on any atom is -0.390 e. The van der Waals surface area contributed by atoms with Gasteiger partial charge in [0.25, 0.3) is 0 Å². The number of carbonyl (C=O) groups excluding carboxylic acids is 1. The normalized spacial score (nSPS) is 19.7. The maximum absolute atomic E-state index is 12.4. The van der Waals surface area contributed by atoms with Crippen LogP contribution in [-0.2, 0) is 17.8 Å². The number of nitrogens with one attached hydrogen (secondary N) is 1. The average Bonchev–Trinajstić information content (AvgIpc) is 3.10. The van der Waals surface area contributed by atoms with Crippen LogP contribution in [0, 0.1) is 0 Å². The molecule has 0 bridgehead atoms. The number of hydrogen-bond acceptors (Lipinski definition) is 2. The third-order valence-corrected chi connectivity index (χ3v) is 4.51. The summed E-state index contributed by atoms with van der Waals surface area (Å²) in [7, 11) is 0. The van der Waals surface area contributed by atoms with Crippen LogP contribution in [0.2, 0.25) is 0 Å².